The zero-order valence-corrected chi connectivity index (χ0v) is 16.7. The van der Waals surface area contributed by atoms with Crippen molar-refractivity contribution >= 4 is 5.91 Å². The van der Waals surface area contributed by atoms with E-state index in [0.717, 1.165) is 24.2 Å². The minimum absolute atomic E-state index is 0.00206. The van der Waals surface area contributed by atoms with Gasteiger partial charge in [-0.1, -0.05) is 38.1 Å². The minimum Gasteiger partial charge on any atom is -0.394 e. The monoisotopic (exact) mass is 370 g/mol. The van der Waals surface area contributed by atoms with Crippen molar-refractivity contribution in [3.63, 3.8) is 0 Å². The first-order chi connectivity index (χ1) is 12.9. The molecule has 1 N–H and O–H groups in total. The maximum atomic E-state index is 13.0. The van der Waals surface area contributed by atoms with Crippen LogP contribution in [-0.2, 0) is 17.6 Å². The molecule has 2 aromatic rings. The molecule has 0 saturated heterocycles. The van der Waals surface area contributed by atoms with Gasteiger partial charge < -0.3 is 9.84 Å². The average Bonchev–Trinajstić information content (AvgIpc) is 3.17. The van der Waals surface area contributed by atoms with Crippen LogP contribution in [-0.4, -0.2) is 39.6 Å². The number of aliphatic hydroxyl groups is 1. The molecule has 3 rings (SSSR count). The third kappa shape index (κ3) is 3.99. The zero-order chi connectivity index (χ0) is 19.6. The maximum absolute atomic E-state index is 13.0. The number of rotatable bonds is 7. The summed E-state index contributed by atoms with van der Waals surface area (Å²) in [6.07, 6.45) is 1.92. The number of benzene rings is 1. The van der Waals surface area contributed by atoms with Crippen molar-refractivity contribution in [1.29, 1.82) is 0 Å². The molecule has 27 heavy (non-hydrogen) atoms. The molecule has 1 aromatic heterocycles. The number of fused-ring (bicyclic) bond motifs is 1. The van der Waals surface area contributed by atoms with E-state index in [-0.39, 0.29) is 31.0 Å². The normalized spacial score (nSPS) is 16.5. The summed E-state index contributed by atoms with van der Waals surface area (Å²) >= 11 is 0. The van der Waals surface area contributed by atoms with Gasteiger partial charge in [0.1, 0.15) is 0 Å². The molecule has 146 valence electrons. The second-order valence-corrected chi connectivity index (χ2v) is 8.05. The molecule has 0 spiro atoms. The Morgan fingerprint density at radius 1 is 1.26 bits per heavy atom. The number of hydrogen-bond donors (Lipinski definition) is 1. The topological polar surface area (TPSA) is 64.3 Å². The summed E-state index contributed by atoms with van der Waals surface area (Å²) < 4.78 is 7.81. The summed E-state index contributed by atoms with van der Waals surface area (Å²) in [5, 5.41) is 13.7. The van der Waals surface area contributed by atoms with Gasteiger partial charge in [-0.3, -0.25) is 4.79 Å². The van der Waals surface area contributed by atoms with Gasteiger partial charge in [0, 0.05) is 25.0 Å². The maximum Gasteiger partial charge on any atom is 0.247 e. The van der Waals surface area contributed by atoms with Gasteiger partial charge in [0.25, 0.3) is 0 Å². The van der Waals surface area contributed by atoms with Crippen LogP contribution in [0, 0.1) is 25.7 Å². The van der Waals surface area contributed by atoms with Crippen molar-refractivity contribution in [2.45, 2.75) is 52.6 Å². The Labute approximate surface area is 161 Å². The number of aromatic nitrogens is 2. The molecule has 0 aliphatic heterocycles. The van der Waals surface area contributed by atoms with Gasteiger partial charge in [-0.15, -0.1) is 0 Å². The second kappa shape index (κ2) is 7.95. The number of aliphatic hydroxyl groups excluding tert-OH is 1. The quantitative estimate of drug-likeness (QED) is 0.812. The van der Waals surface area contributed by atoms with Crippen molar-refractivity contribution < 1.29 is 14.6 Å². The fourth-order valence-corrected chi connectivity index (χ4v) is 4.52. The fourth-order valence-electron chi connectivity index (χ4n) is 4.52. The lowest BCUT2D eigenvalue weighted by Gasteiger charge is -2.40. The van der Waals surface area contributed by atoms with Gasteiger partial charge in [-0.05, 0) is 42.9 Å². The van der Waals surface area contributed by atoms with Crippen LogP contribution in [0.4, 0.5) is 0 Å². The van der Waals surface area contributed by atoms with E-state index in [2.05, 4.69) is 31.1 Å². The fraction of sp³-hybridized carbons (Fsp3) is 0.545. The molecule has 1 aliphatic carbocycles. The van der Waals surface area contributed by atoms with E-state index in [0.29, 0.717) is 6.42 Å². The van der Waals surface area contributed by atoms with Gasteiger partial charge in [-0.2, -0.15) is 5.10 Å². The molecule has 1 unspecified atom stereocenters. The highest BCUT2D eigenvalue weighted by atomic mass is 16.5. The van der Waals surface area contributed by atoms with Gasteiger partial charge in [0.05, 0.1) is 24.5 Å². The molecule has 1 aliphatic rings. The van der Waals surface area contributed by atoms with Crippen LogP contribution in [0.5, 0.6) is 0 Å². The molecule has 1 aromatic carbocycles. The van der Waals surface area contributed by atoms with E-state index in [9.17, 15) is 9.90 Å². The number of ether oxygens (including phenoxy) is 1. The third-order valence-corrected chi connectivity index (χ3v) is 5.70. The summed E-state index contributed by atoms with van der Waals surface area (Å²) in [6, 6.07) is 10.3. The molecule has 1 atom stereocenters. The van der Waals surface area contributed by atoms with Crippen LogP contribution in [0.2, 0.25) is 0 Å². The third-order valence-electron chi connectivity index (χ3n) is 5.70. The van der Waals surface area contributed by atoms with E-state index >= 15 is 0 Å². The number of carbonyl (C=O) groups is 1. The number of aryl methyl sites for hydroxylation is 2. The van der Waals surface area contributed by atoms with E-state index in [1.807, 2.05) is 32.0 Å². The predicted molar refractivity (Wildman–Crippen MR) is 105 cm³/mol. The molecule has 5 nitrogen and oxygen atoms in total. The Kier molecular flexibility index (Phi) is 5.82. The molecule has 0 fully saturated rings. The standard InChI is InChI=1S/C22H30N2O3/c1-15(2)20(12-21(26)24-17(4)11-16(3)23-24)22(27-10-9-25)13-18-7-5-6-8-19(18)14-22/h5-8,11,15,20,25H,9-10,12-14H2,1-4H3. The number of carbonyl (C=O) groups excluding carboxylic acids is 1. The molecule has 0 amide bonds. The summed E-state index contributed by atoms with van der Waals surface area (Å²) in [6.45, 7) is 8.36. The smallest absolute Gasteiger partial charge is 0.247 e. The van der Waals surface area contributed by atoms with Crippen LogP contribution in [0.3, 0.4) is 0 Å². The van der Waals surface area contributed by atoms with E-state index in [1.165, 1.54) is 15.8 Å². The van der Waals surface area contributed by atoms with E-state index in [4.69, 9.17) is 4.74 Å². The van der Waals surface area contributed by atoms with Gasteiger partial charge in [0.2, 0.25) is 5.91 Å². The highest BCUT2D eigenvalue weighted by molar-refractivity contribution is 5.79. The first-order valence-electron chi connectivity index (χ1n) is 9.74. The lowest BCUT2D eigenvalue weighted by Crippen LogP contribution is -2.46. The molecule has 0 bridgehead atoms. The van der Waals surface area contributed by atoms with Crippen LogP contribution in [0.15, 0.2) is 30.3 Å². The van der Waals surface area contributed by atoms with Crippen LogP contribution in [0.1, 0.15) is 47.6 Å². The van der Waals surface area contributed by atoms with Crippen molar-refractivity contribution in [1.82, 2.24) is 9.78 Å². The number of hydrogen-bond acceptors (Lipinski definition) is 4. The van der Waals surface area contributed by atoms with E-state index in [1.54, 1.807) is 0 Å². The summed E-state index contributed by atoms with van der Waals surface area (Å²) in [4.78, 5) is 13.0. The van der Waals surface area contributed by atoms with Gasteiger partial charge in [-0.25, -0.2) is 4.68 Å². The predicted octanol–water partition coefficient (Wildman–Crippen LogP) is 3.35. The van der Waals surface area contributed by atoms with Gasteiger partial charge in [0.15, 0.2) is 0 Å². The van der Waals surface area contributed by atoms with Crippen LogP contribution >= 0.6 is 0 Å². The van der Waals surface area contributed by atoms with Crippen molar-refractivity contribution in [3.8, 4) is 0 Å². The first-order valence-corrected chi connectivity index (χ1v) is 9.74. The van der Waals surface area contributed by atoms with Crippen LogP contribution in [0.25, 0.3) is 0 Å². The lowest BCUT2D eigenvalue weighted by molar-refractivity contribution is -0.102. The zero-order valence-electron chi connectivity index (χ0n) is 16.7. The molecule has 0 saturated carbocycles. The number of nitrogens with zero attached hydrogens (tertiary/aromatic N) is 2. The molecule has 5 heteroatoms. The largest absolute Gasteiger partial charge is 0.394 e. The summed E-state index contributed by atoms with van der Waals surface area (Å²) in [7, 11) is 0. The second-order valence-electron chi connectivity index (χ2n) is 8.05. The molecule has 1 heterocycles. The van der Waals surface area contributed by atoms with E-state index < -0.39 is 5.60 Å². The average molecular weight is 370 g/mol. The lowest BCUT2D eigenvalue weighted by atomic mass is 9.75. The van der Waals surface area contributed by atoms with Crippen molar-refractivity contribution in [3.05, 3.63) is 52.8 Å². The Morgan fingerprint density at radius 2 is 1.89 bits per heavy atom. The summed E-state index contributed by atoms with van der Waals surface area (Å²) in [5.74, 6) is 0.300. The van der Waals surface area contributed by atoms with Crippen molar-refractivity contribution in [2.24, 2.45) is 11.8 Å². The van der Waals surface area contributed by atoms with Gasteiger partial charge >= 0.3 is 0 Å². The Bertz CT molecular complexity index is 785. The van der Waals surface area contributed by atoms with Crippen LogP contribution < -0.4 is 0 Å². The highest BCUT2D eigenvalue weighted by Crippen LogP contribution is 2.43. The van der Waals surface area contributed by atoms with Crippen molar-refractivity contribution in [2.75, 3.05) is 13.2 Å². The Balaban J connectivity index is 1.90. The Hall–Kier alpha value is -1.98. The molecular formula is C22H30N2O3. The minimum atomic E-state index is -0.466. The Morgan fingerprint density at radius 3 is 2.37 bits per heavy atom. The molecule has 0 radical (unpaired) electrons. The first kappa shape index (κ1) is 19.8. The highest BCUT2D eigenvalue weighted by Gasteiger charge is 2.46. The molecular weight excluding hydrogens is 340 g/mol. The SMILES string of the molecule is Cc1cc(C)n(C(=O)CC(C(C)C)C2(OCCO)Cc3ccccc3C2)n1. The summed E-state index contributed by atoms with van der Waals surface area (Å²) in [5.41, 5.74) is 3.80.